The van der Waals surface area contributed by atoms with E-state index < -0.39 is 0 Å². The highest BCUT2D eigenvalue weighted by Crippen LogP contribution is 2.50. The Morgan fingerprint density at radius 1 is 0.368 bits per heavy atom. The third kappa shape index (κ3) is 5.63. The van der Waals surface area contributed by atoms with Gasteiger partial charge in [-0.3, -0.25) is 0 Å². The van der Waals surface area contributed by atoms with Gasteiger partial charge in [0.2, 0.25) is 0 Å². The smallest absolute Gasteiger partial charge is 0.0554 e. The van der Waals surface area contributed by atoms with Crippen molar-refractivity contribution in [2.45, 2.75) is 0 Å². The van der Waals surface area contributed by atoms with Gasteiger partial charge in [-0.25, -0.2) is 0 Å². The molecule has 0 aliphatic rings. The zero-order valence-corrected chi connectivity index (χ0v) is 31.9. The van der Waals surface area contributed by atoms with Gasteiger partial charge in [0.25, 0.3) is 0 Å². The van der Waals surface area contributed by atoms with E-state index >= 15 is 0 Å². The Kier molecular flexibility index (Phi) is 8.04. The maximum absolute atomic E-state index is 2.49. The quantitative estimate of drug-likeness (QED) is 0.158. The number of nitrogens with zero attached hydrogens (tertiary/aromatic N) is 2. The summed E-state index contributed by atoms with van der Waals surface area (Å²) in [4.78, 5) is 2.49. The number of benzene rings is 9. The zero-order valence-electron chi connectivity index (χ0n) is 31.1. The van der Waals surface area contributed by atoms with Crippen LogP contribution in [0.3, 0.4) is 0 Å². The van der Waals surface area contributed by atoms with Gasteiger partial charge < -0.3 is 9.47 Å². The van der Waals surface area contributed by atoms with Crippen molar-refractivity contribution in [2.24, 2.45) is 0 Å². The van der Waals surface area contributed by atoms with Crippen LogP contribution in [-0.4, -0.2) is 4.57 Å². The molecule has 0 bridgehead atoms. The van der Waals surface area contributed by atoms with Crippen LogP contribution in [0, 0.1) is 0 Å². The lowest BCUT2D eigenvalue weighted by Crippen LogP contribution is -2.12. The molecule has 0 atom stereocenters. The van der Waals surface area contributed by atoms with E-state index in [1.807, 2.05) is 11.3 Å². The minimum atomic E-state index is 1.10. The molecular formula is C54H36N2S. The van der Waals surface area contributed by atoms with Crippen molar-refractivity contribution in [2.75, 3.05) is 4.90 Å². The van der Waals surface area contributed by atoms with Gasteiger partial charge in [0, 0.05) is 53.4 Å². The number of hydrogen-bond acceptors (Lipinski definition) is 2. The molecule has 11 rings (SSSR count). The predicted octanol–water partition coefficient (Wildman–Crippen LogP) is 15.6. The number of anilines is 3. The van der Waals surface area contributed by atoms with Gasteiger partial charge in [-0.15, -0.1) is 11.3 Å². The molecule has 11 aromatic rings. The average Bonchev–Trinajstić information content (AvgIpc) is 3.83. The Bertz CT molecular complexity index is 3190. The van der Waals surface area contributed by atoms with E-state index in [1.54, 1.807) is 0 Å². The number of para-hydroxylation sites is 3. The predicted molar refractivity (Wildman–Crippen MR) is 245 cm³/mol. The Balaban J connectivity index is 1.22. The monoisotopic (exact) mass is 744 g/mol. The molecule has 0 amide bonds. The van der Waals surface area contributed by atoms with Gasteiger partial charge in [0.05, 0.1) is 22.4 Å². The molecule has 0 saturated heterocycles. The molecule has 0 aliphatic carbocycles. The van der Waals surface area contributed by atoms with Gasteiger partial charge in [0.15, 0.2) is 0 Å². The number of fused-ring (bicyclic) bond motifs is 6. The fourth-order valence-electron chi connectivity index (χ4n) is 8.64. The third-order valence-electron chi connectivity index (χ3n) is 11.2. The van der Waals surface area contributed by atoms with Gasteiger partial charge in [-0.1, -0.05) is 164 Å². The van der Waals surface area contributed by atoms with Crippen LogP contribution in [0.2, 0.25) is 0 Å². The molecule has 9 aromatic carbocycles. The van der Waals surface area contributed by atoms with Gasteiger partial charge in [0.1, 0.15) is 0 Å². The Morgan fingerprint density at radius 2 is 0.965 bits per heavy atom. The summed E-state index contributed by atoms with van der Waals surface area (Å²) in [5.74, 6) is 0. The third-order valence-corrected chi connectivity index (χ3v) is 12.4. The highest BCUT2D eigenvalue weighted by molar-refractivity contribution is 7.26. The van der Waals surface area contributed by atoms with Crippen LogP contribution in [0.1, 0.15) is 0 Å². The van der Waals surface area contributed by atoms with Crippen molar-refractivity contribution in [1.29, 1.82) is 0 Å². The maximum Gasteiger partial charge on any atom is 0.0554 e. The van der Waals surface area contributed by atoms with Crippen LogP contribution < -0.4 is 4.90 Å². The molecule has 0 radical (unpaired) electrons. The number of aromatic nitrogens is 1. The highest BCUT2D eigenvalue weighted by Gasteiger charge is 2.24. The summed E-state index contributed by atoms with van der Waals surface area (Å²) in [7, 11) is 0. The lowest BCUT2D eigenvalue weighted by Gasteiger charge is -2.30. The molecule has 0 spiro atoms. The van der Waals surface area contributed by atoms with Crippen molar-refractivity contribution in [3.05, 3.63) is 218 Å². The van der Waals surface area contributed by atoms with Crippen molar-refractivity contribution in [3.8, 4) is 39.1 Å². The normalized spacial score (nSPS) is 11.5. The van der Waals surface area contributed by atoms with E-state index in [-0.39, 0.29) is 0 Å². The highest BCUT2D eigenvalue weighted by atomic mass is 32.1. The van der Waals surface area contributed by atoms with Crippen LogP contribution in [0.25, 0.3) is 81.0 Å². The standard InChI is InChI=1S/C54H36N2S/c1-3-17-37(18-4-1)39-21-15-23-41(35-39)56(48-29-11-7-25-43(48)38-19-5-2-6-20-38)51-34-33-47-46-28-10-14-32-52(46)57-54(47)53(51)40-22-16-24-42(36-40)55-49-30-12-8-26-44(49)45-27-9-13-31-50(45)55/h1-36H. The zero-order chi connectivity index (χ0) is 37.7. The van der Waals surface area contributed by atoms with Gasteiger partial charge >= 0.3 is 0 Å². The first-order valence-electron chi connectivity index (χ1n) is 19.4. The number of thiophene rings is 1. The average molecular weight is 745 g/mol. The second-order valence-corrected chi connectivity index (χ2v) is 15.5. The molecule has 0 saturated carbocycles. The van der Waals surface area contributed by atoms with E-state index in [9.17, 15) is 0 Å². The molecule has 57 heavy (non-hydrogen) atoms. The van der Waals surface area contributed by atoms with Crippen LogP contribution in [-0.2, 0) is 0 Å². The molecule has 3 heteroatoms. The van der Waals surface area contributed by atoms with E-state index in [1.165, 1.54) is 75.4 Å². The molecule has 2 aromatic heterocycles. The first-order chi connectivity index (χ1) is 28.3. The van der Waals surface area contributed by atoms with E-state index in [0.29, 0.717) is 0 Å². The largest absolute Gasteiger partial charge is 0.309 e. The molecule has 268 valence electrons. The van der Waals surface area contributed by atoms with Crippen molar-refractivity contribution in [3.63, 3.8) is 0 Å². The Hall–Kier alpha value is -7.20. The minimum Gasteiger partial charge on any atom is -0.309 e. The molecule has 0 aliphatic heterocycles. The summed E-state index contributed by atoms with van der Waals surface area (Å²) in [6, 6.07) is 79.4. The molecule has 2 nitrogen and oxygen atoms in total. The summed E-state index contributed by atoms with van der Waals surface area (Å²) >= 11 is 1.88. The molecule has 0 fully saturated rings. The molecule has 2 heterocycles. The summed E-state index contributed by atoms with van der Waals surface area (Å²) in [6.45, 7) is 0. The van der Waals surface area contributed by atoms with Crippen LogP contribution in [0.4, 0.5) is 17.1 Å². The number of rotatable bonds is 7. The fourth-order valence-corrected chi connectivity index (χ4v) is 9.91. The van der Waals surface area contributed by atoms with E-state index in [0.717, 1.165) is 22.7 Å². The SMILES string of the molecule is c1ccc(-c2cccc(N(c3ccccc3-c3ccccc3)c3ccc4c(sc5ccccc54)c3-c3cccc(-n4c5ccccc5c5ccccc54)c3)c2)cc1. The second-order valence-electron chi connectivity index (χ2n) is 14.5. The molecule has 0 N–H and O–H groups in total. The van der Waals surface area contributed by atoms with E-state index in [2.05, 4.69) is 228 Å². The fraction of sp³-hybridized carbons (Fsp3) is 0. The van der Waals surface area contributed by atoms with Gasteiger partial charge in [-0.2, -0.15) is 0 Å². The first-order valence-corrected chi connectivity index (χ1v) is 20.3. The number of hydrogen-bond donors (Lipinski definition) is 0. The van der Waals surface area contributed by atoms with Crippen molar-refractivity contribution < 1.29 is 0 Å². The molecular weight excluding hydrogens is 709 g/mol. The van der Waals surface area contributed by atoms with Crippen molar-refractivity contribution in [1.82, 2.24) is 4.57 Å². The second kappa shape index (κ2) is 13.8. The van der Waals surface area contributed by atoms with Crippen molar-refractivity contribution >= 4 is 70.4 Å². The van der Waals surface area contributed by atoms with E-state index in [4.69, 9.17) is 0 Å². The Morgan fingerprint density at radius 3 is 1.74 bits per heavy atom. The van der Waals surface area contributed by atoms with Gasteiger partial charge in [-0.05, 0) is 76.9 Å². The minimum absolute atomic E-state index is 1.10. The van der Waals surface area contributed by atoms with Crippen LogP contribution in [0.5, 0.6) is 0 Å². The Labute approximate surface area is 335 Å². The maximum atomic E-state index is 2.49. The summed E-state index contributed by atoms with van der Waals surface area (Å²) < 4.78 is 4.98. The topological polar surface area (TPSA) is 8.17 Å². The first kappa shape index (κ1) is 33.2. The summed E-state index contributed by atoms with van der Waals surface area (Å²) in [5, 5.41) is 5.07. The molecule has 0 unspecified atom stereocenters. The summed E-state index contributed by atoms with van der Waals surface area (Å²) in [6.07, 6.45) is 0. The van der Waals surface area contributed by atoms with Crippen LogP contribution >= 0.6 is 11.3 Å². The van der Waals surface area contributed by atoms with Crippen LogP contribution in [0.15, 0.2) is 218 Å². The summed E-state index contributed by atoms with van der Waals surface area (Å²) in [5.41, 5.74) is 14.0. The lowest BCUT2D eigenvalue weighted by atomic mass is 9.96. The lowest BCUT2D eigenvalue weighted by molar-refractivity contribution is 1.18.